The van der Waals surface area contributed by atoms with Gasteiger partial charge in [0.2, 0.25) is 10.0 Å². The van der Waals surface area contributed by atoms with Gasteiger partial charge in [0.15, 0.2) is 0 Å². The van der Waals surface area contributed by atoms with Gasteiger partial charge < -0.3 is 10.1 Å². The van der Waals surface area contributed by atoms with E-state index in [0.717, 1.165) is 13.0 Å². The van der Waals surface area contributed by atoms with Crippen LogP contribution in [0.1, 0.15) is 46.5 Å². The summed E-state index contributed by atoms with van der Waals surface area (Å²) in [6.07, 6.45) is 4.15. The number of nitrogens with one attached hydrogen (secondary N) is 2. The number of hydrogen-bond acceptors (Lipinski definition) is 4. The van der Waals surface area contributed by atoms with Crippen molar-refractivity contribution in [2.24, 2.45) is 0 Å². The number of ether oxygens (including phenoxy) is 1. The molecular weight excluding hydrogens is 264 g/mol. The van der Waals surface area contributed by atoms with Gasteiger partial charge in [-0.3, -0.25) is 0 Å². The van der Waals surface area contributed by atoms with Crippen molar-refractivity contribution in [3.63, 3.8) is 0 Å². The Kier molecular flexibility index (Phi) is 6.73. The van der Waals surface area contributed by atoms with Crippen LogP contribution >= 0.6 is 0 Å². The van der Waals surface area contributed by atoms with E-state index < -0.39 is 15.6 Å². The quantitative estimate of drug-likeness (QED) is 0.563. The van der Waals surface area contributed by atoms with Gasteiger partial charge in [0.25, 0.3) is 0 Å². The molecule has 0 aromatic carbocycles. The highest BCUT2D eigenvalue weighted by molar-refractivity contribution is 7.89. The van der Waals surface area contributed by atoms with E-state index in [2.05, 4.69) is 10.0 Å². The highest BCUT2D eigenvalue weighted by Gasteiger charge is 2.21. The maximum atomic E-state index is 11.8. The van der Waals surface area contributed by atoms with Crippen molar-refractivity contribution in [2.75, 3.05) is 25.4 Å². The molecule has 0 bridgehead atoms. The van der Waals surface area contributed by atoms with Crippen molar-refractivity contribution < 1.29 is 13.2 Å². The summed E-state index contributed by atoms with van der Waals surface area (Å²) in [6.45, 7) is 7.51. The Bertz CT molecular complexity index is 351. The normalized spacial score (nSPS) is 16.8. The second-order valence-electron chi connectivity index (χ2n) is 5.77. The molecule has 2 N–H and O–H groups in total. The second kappa shape index (κ2) is 7.57. The first kappa shape index (κ1) is 16.9. The Morgan fingerprint density at radius 1 is 1.26 bits per heavy atom. The van der Waals surface area contributed by atoms with Crippen LogP contribution in [0.4, 0.5) is 0 Å². The minimum Gasteiger partial charge on any atom is -0.375 e. The van der Waals surface area contributed by atoms with E-state index >= 15 is 0 Å². The lowest BCUT2D eigenvalue weighted by atomic mass is 10.1. The van der Waals surface area contributed by atoms with Crippen LogP contribution in [-0.4, -0.2) is 45.5 Å². The lowest BCUT2D eigenvalue weighted by Gasteiger charge is -2.24. The summed E-state index contributed by atoms with van der Waals surface area (Å²) in [5.74, 6) is 0.196. The van der Waals surface area contributed by atoms with Crippen molar-refractivity contribution in [1.82, 2.24) is 10.0 Å². The van der Waals surface area contributed by atoms with Gasteiger partial charge in [-0.25, -0.2) is 13.1 Å². The number of hydrogen-bond donors (Lipinski definition) is 2. The van der Waals surface area contributed by atoms with Crippen LogP contribution in [0.2, 0.25) is 0 Å². The SMILES string of the molecule is CCOC(C)(C)CNS(=O)(=O)CCCCNC1CC1. The summed E-state index contributed by atoms with van der Waals surface area (Å²) in [5, 5.41) is 3.38. The molecule has 1 fully saturated rings. The molecule has 0 amide bonds. The number of unbranched alkanes of at least 4 members (excludes halogenated alkanes) is 1. The van der Waals surface area contributed by atoms with E-state index in [0.29, 0.717) is 25.6 Å². The highest BCUT2D eigenvalue weighted by atomic mass is 32.2. The molecule has 6 heteroatoms. The average molecular weight is 292 g/mol. The fourth-order valence-corrected chi connectivity index (χ4v) is 3.10. The third-order valence-electron chi connectivity index (χ3n) is 3.10. The van der Waals surface area contributed by atoms with Crippen molar-refractivity contribution in [3.8, 4) is 0 Å². The molecule has 19 heavy (non-hydrogen) atoms. The molecule has 1 aliphatic rings. The predicted molar refractivity (Wildman–Crippen MR) is 77.8 cm³/mol. The summed E-state index contributed by atoms with van der Waals surface area (Å²) in [6, 6.07) is 0.696. The lowest BCUT2D eigenvalue weighted by molar-refractivity contribution is -0.00515. The van der Waals surface area contributed by atoms with Crippen molar-refractivity contribution in [2.45, 2.75) is 58.1 Å². The Morgan fingerprint density at radius 3 is 2.53 bits per heavy atom. The Labute approximate surface area is 117 Å². The first-order valence-electron chi connectivity index (χ1n) is 7.19. The van der Waals surface area contributed by atoms with E-state index in [9.17, 15) is 8.42 Å². The molecule has 0 aliphatic heterocycles. The van der Waals surface area contributed by atoms with Crippen LogP contribution in [0.25, 0.3) is 0 Å². The molecule has 0 spiro atoms. The summed E-state index contributed by atoms with van der Waals surface area (Å²) >= 11 is 0. The average Bonchev–Trinajstić information content (AvgIpc) is 3.10. The van der Waals surface area contributed by atoms with E-state index in [1.165, 1.54) is 12.8 Å². The van der Waals surface area contributed by atoms with Crippen molar-refractivity contribution in [1.29, 1.82) is 0 Å². The molecule has 1 saturated carbocycles. The largest absolute Gasteiger partial charge is 0.375 e. The zero-order chi connectivity index (χ0) is 14.4. The molecule has 0 aromatic heterocycles. The molecule has 0 heterocycles. The molecule has 1 rings (SSSR count). The standard InChI is InChI=1S/C13H28N2O3S/c1-4-18-13(2,3)11-15-19(16,17)10-6-5-9-14-12-7-8-12/h12,14-15H,4-11H2,1-3H3. The molecule has 1 aliphatic carbocycles. The zero-order valence-electron chi connectivity index (χ0n) is 12.4. The first-order chi connectivity index (χ1) is 8.85. The summed E-state index contributed by atoms with van der Waals surface area (Å²) < 4.78 is 31.7. The minimum absolute atomic E-state index is 0.196. The maximum Gasteiger partial charge on any atom is 0.211 e. The topological polar surface area (TPSA) is 67.4 Å². The van der Waals surface area contributed by atoms with Crippen LogP contribution in [0.3, 0.4) is 0 Å². The van der Waals surface area contributed by atoms with Crippen LogP contribution < -0.4 is 10.0 Å². The Morgan fingerprint density at radius 2 is 1.95 bits per heavy atom. The molecule has 114 valence electrons. The molecule has 0 radical (unpaired) electrons. The van der Waals surface area contributed by atoms with Gasteiger partial charge in [-0.05, 0) is 53.0 Å². The Hall–Kier alpha value is -0.170. The van der Waals surface area contributed by atoms with Gasteiger partial charge in [-0.2, -0.15) is 0 Å². The van der Waals surface area contributed by atoms with Crippen LogP contribution in [0, 0.1) is 0 Å². The van der Waals surface area contributed by atoms with E-state index in [1.54, 1.807) is 0 Å². The molecule has 0 saturated heterocycles. The minimum atomic E-state index is -3.18. The zero-order valence-corrected chi connectivity index (χ0v) is 13.2. The van der Waals surface area contributed by atoms with Crippen molar-refractivity contribution >= 4 is 10.0 Å². The van der Waals surface area contributed by atoms with Gasteiger partial charge in [0, 0.05) is 19.2 Å². The molecule has 0 aromatic rings. The summed E-state index contributed by atoms with van der Waals surface area (Å²) in [7, 11) is -3.18. The lowest BCUT2D eigenvalue weighted by Crippen LogP contribution is -2.41. The number of rotatable bonds is 11. The van der Waals surface area contributed by atoms with Crippen LogP contribution in [0.15, 0.2) is 0 Å². The fourth-order valence-electron chi connectivity index (χ4n) is 1.81. The smallest absolute Gasteiger partial charge is 0.211 e. The molecule has 0 unspecified atom stereocenters. The van der Waals surface area contributed by atoms with Gasteiger partial charge >= 0.3 is 0 Å². The second-order valence-corrected chi connectivity index (χ2v) is 7.69. The predicted octanol–water partition coefficient (Wildman–Crippen LogP) is 1.25. The van der Waals surface area contributed by atoms with Crippen LogP contribution in [0.5, 0.6) is 0 Å². The molecule has 0 atom stereocenters. The van der Waals surface area contributed by atoms with Crippen molar-refractivity contribution in [3.05, 3.63) is 0 Å². The highest BCUT2D eigenvalue weighted by Crippen LogP contribution is 2.18. The summed E-state index contributed by atoms with van der Waals surface area (Å²) in [5.41, 5.74) is -0.449. The van der Waals surface area contributed by atoms with E-state index in [4.69, 9.17) is 4.74 Å². The van der Waals surface area contributed by atoms with E-state index in [-0.39, 0.29) is 5.75 Å². The third-order valence-corrected chi connectivity index (χ3v) is 4.51. The summed E-state index contributed by atoms with van der Waals surface area (Å²) in [4.78, 5) is 0. The molecular formula is C13H28N2O3S. The van der Waals surface area contributed by atoms with Gasteiger partial charge in [-0.15, -0.1) is 0 Å². The third kappa shape index (κ3) is 8.57. The first-order valence-corrected chi connectivity index (χ1v) is 8.84. The monoisotopic (exact) mass is 292 g/mol. The molecule has 5 nitrogen and oxygen atoms in total. The maximum absolute atomic E-state index is 11.8. The fraction of sp³-hybridized carbons (Fsp3) is 1.00. The van der Waals surface area contributed by atoms with Gasteiger partial charge in [0.05, 0.1) is 11.4 Å². The van der Waals surface area contributed by atoms with Crippen LogP contribution in [-0.2, 0) is 14.8 Å². The Balaban J connectivity index is 2.12. The van der Waals surface area contributed by atoms with Gasteiger partial charge in [-0.1, -0.05) is 0 Å². The van der Waals surface area contributed by atoms with Gasteiger partial charge in [0.1, 0.15) is 0 Å². The van der Waals surface area contributed by atoms with E-state index in [1.807, 2.05) is 20.8 Å². The number of sulfonamides is 1.